The maximum absolute atomic E-state index is 6.14. The average Bonchev–Trinajstić information content (AvgIpc) is 2.29. The lowest BCUT2D eigenvalue weighted by Gasteiger charge is -2.21. The van der Waals surface area contributed by atoms with E-state index < -0.39 is 0 Å². The Bertz CT molecular complexity index is 503. The molecule has 0 saturated carbocycles. The summed E-state index contributed by atoms with van der Waals surface area (Å²) in [5.74, 6) is 6.14. The summed E-state index contributed by atoms with van der Waals surface area (Å²) in [5.41, 5.74) is 3.08. The fraction of sp³-hybridized carbons (Fsp3) is 0.0769. The monoisotopic (exact) mass is 354 g/mol. The molecule has 2 aromatic carbocycles. The standard InChI is InChI=1S/C13H12Br2N2/c1-9-5-7-10(8-6-9)17(16)13-11(14)3-2-4-12(13)15/h2-8H,16H2,1H3. The molecule has 0 amide bonds. The van der Waals surface area contributed by atoms with E-state index in [1.54, 1.807) is 5.01 Å². The van der Waals surface area contributed by atoms with E-state index in [-0.39, 0.29) is 0 Å². The average molecular weight is 356 g/mol. The van der Waals surface area contributed by atoms with Crippen LogP contribution in [0.25, 0.3) is 0 Å². The van der Waals surface area contributed by atoms with Crippen molar-refractivity contribution in [3.8, 4) is 0 Å². The van der Waals surface area contributed by atoms with Crippen molar-refractivity contribution in [1.29, 1.82) is 0 Å². The van der Waals surface area contributed by atoms with E-state index in [2.05, 4.69) is 38.8 Å². The zero-order valence-electron chi connectivity index (χ0n) is 9.32. The minimum Gasteiger partial charge on any atom is -0.277 e. The second-order valence-corrected chi connectivity index (χ2v) is 5.48. The summed E-state index contributed by atoms with van der Waals surface area (Å²) in [6, 6.07) is 14.0. The van der Waals surface area contributed by atoms with Gasteiger partial charge in [-0.15, -0.1) is 0 Å². The molecule has 4 heteroatoms. The smallest absolute Gasteiger partial charge is 0.0859 e. The van der Waals surface area contributed by atoms with Gasteiger partial charge in [-0.2, -0.15) is 0 Å². The van der Waals surface area contributed by atoms with Gasteiger partial charge in [0.15, 0.2) is 0 Å². The summed E-state index contributed by atoms with van der Waals surface area (Å²) in [7, 11) is 0. The molecule has 17 heavy (non-hydrogen) atoms. The lowest BCUT2D eigenvalue weighted by molar-refractivity contribution is 1.07. The molecule has 0 bridgehead atoms. The van der Waals surface area contributed by atoms with E-state index in [4.69, 9.17) is 5.84 Å². The van der Waals surface area contributed by atoms with E-state index in [1.807, 2.05) is 42.5 Å². The Balaban J connectivity index is 2.43. The van der Waals surface area contributed by atoms with Crippen LogP contribution >= 0.6 is 31.9 Å². The highest BCUT2D eigenvalue weighted by molar-refractivity contribution is 9.11. The third-order valence-corrected chi connectivity index (χ3v) is 3.77. The molecule has 2 N–H and O–H groups in total. The van der Waals surface area contributed by atoms with Crippen LogP contribution < -0.4 is 10.9 Å². The number of aryl methyl sites for hydroxylation is 1. The molecule has 2 nitrogen and oxygen atoms in total. The number of hydrogen-bond donors (Lipinski definition) is 1. The van der Waals surface area contributed by atoms with E-state index in [0.717, 1.165) is 20.3 Å². The molecule has 0 spiro atoms. The molecule has 0 fully saturated rings. The second-order valence-electron chi connectivity index (χ2n) is 3.78. The van der Waals surface area contributed by atoms with Crippen LogP contribution in [-0.2, 0) is 0 Å². The van der Waals surface area contributed by atoms with Gasteiger partial charge in [0, 0.05) is 8.95 Å². The zero-order chi connectivity index (χ0) is 12.4. The van der Waals surface area contributed by atoms with Gasteiger partial charge in [-0.25, -0.2) is 5.84 Å². The van der Waals surface area contributed by atoms with Gasteiger partial charge < -0.3 is 0 Å². The zero-order valence-corrected chi connectivity index (χ0v) is 12.5. The molecule has 0 saturated heterocycles. The Hall–Kier alpha value is -0.840. The number of halogens is 2. The molecule has 0 aromatic heterocycles. The lowest BCUT2D eigenvalue weighted by atomic mass is 10.2. The van der Waals surface area contributed by atoms with Crippen molar-refractivity contribution in [2.24, 2.45) is 5.84 Å². The van der Waals surface area contributed by atoms with Crippen LogP contribution in [0.15, 0.2) is 51.4 Å². The molecular weight excluding hydrogens is 344 g/mol. The minimum absolute atomic E-state index is 0.913. The quantitative estimate of drug-likeness (QED) is 0.633. The maximum atomic E-state index is 6.14. The minimum atomic E-state index is 0.913. The Labute approximate surface area is 118 Å². The molecule has 2 aromatic rings. The third-order valence-electron chi connectivity index (χ3n) is 2.49. The van der Waals surface area contributed by atoms with Gasteiger partial charge in [-0.05, 0) is 63.0 Å². The highest BCUT2D eigenvalue weighted by atomic mass is 79.9. The number of para-hydroxylation sites is 1. The predicted molar refractivity (Wildman–Crippen MR) is 79.3 cm³/mol. The largest absolute Gasteiger partial charge is 0.277 e. The van der Waals surface area contributed by atoms with E-state index in [9.17, 15) is 0 Å². The van der Waals surface area contributed by atoms with Crippen molar-refractivity contribution >= 4 is 43.2 Å². The summed E-state index contributed by atoms with van der Waals surface area (Å²) in [4.78, 5) is 0. The summed E-state index contributed by atoms with van der Waals surface area (Å²) in [6.07, 6.45) is 0. The molecule has 0 atom stereocenters. The molecule has 0 aliphatic rings. The van der Waals surface area contributed by atoms with Crippen LogP contribution in [0, 0.1) is 6.92 Å². The summed E-state index contributed by atoms with van der Waals surface area (Å²) in [5, 5.41) is 1.66. The van der Waals surface area contributed by atoms with E-state index in [1.165, 1.54) is 5.56 Å². The number of hydrazine groups is 1. The highest BCUT2D eigenvalue weighted by Gasteiger charge is 2.11. The van der Waals surface area contributed by atoms with Crippen molar-refractivity contribution in [2.45, 2.75) is 6.92 Å². The summed E-state index contributed by atoms with van der Waals surface area (Å²) in [6.45, 7) is 2.05. The van der Waals surface area contributed by atoms with Gasteiger partial charge in [0.2, 0.25) is 0 Å². The first-order valence-corrected chi connectivity index (χ1v) is 6.73. The number of benzene rings is 2. The van der Waals surface area contributed by atoms with Gasteiger partial charge in [0.1, 0.15) is 0 Å². The SMILES string of the molecule is Cc1ccc(N(N)c2c(Br)cccc2Br)cc1. The Morgan fingerprint density at radius 3 is 2.00 bits per heavy atom. The van der Waals surface area contributed by atoms with E-state index in [0.29, 0.717) is 0 Å². The van der Waals surface area contributed by atoms with Gasteiger partial charge in [0.25, 0.3) is 0 Å². The number of anilines is 2. The van der Waals surface area contributed by atoms with Crippen molar-refractivity contribution in [3.63, 3.8) is 0 Å². The molecule has 0 unspecified atom stereocenters. The summed E-state index contributed by atoms with van der Waals surface area (Å²) >= 11 is 7.02. The Kier molecular flexibility index (Phi) is 3.86. The van der Waals surface area contributed by atoms with Crippen molar-refractivity contribution < 1.29 is 0 Å². The van der Waals surface area contributed by atoms with Crippen molar-refractivity contribution in [2.75, 3.05) is 5.01 Å². The predicted octanol–water partition coefficient (Wildman–Crippen LogP) is 4.53. The van der Waals surface area contributed by atoms with Gasteiger partial charge in [-0.3, -0.25) is 5.01 Å². The molecule has 0 aliphatic heterocycles. The first-order chi connectivity index (χ1) is 8.09. The van der Waals surface area contributed by atoms with Crippen LogP contribution in [0.3, 0.4) is 0 Å². The molecule has 2 rings (SSSR count). The van der Waals surface area contributed by atoms with E-state index >= 15 is 0 Å². The molecule has 0 aliphatic carbocycles. The van der Waals surface area contributed by atoms with Crippen LogP contribution in [-0.4, -0.2) is 0 Å². The Morgan fingerprint density at radius 1 is 0.941 bits per heavy atom. The molecular formula is C13H12Br2N2. The van der Waals surface area contributed by atoms with Gasteiger partial charge in [-0.1, -0.05) is 23.8 Å². The van der Waals surface area contributed by atoms with Crippen molar-refractivity contribution in [1.82, 2.24) is 0 Å². The van der Waals surface area contributed by atoms with Crippen LogP contribution in [0.5, 0.6) is 0 Å². The van der Waals surface area contributed by atoms with Gasteiger partial charge >= 0.3 is 0 Å². The first kappa shape index (κ1) is 12.6. The van der Waals surface area contributed by atoms with Gasteiger partial charge in [0.05, 0.1) is 11.4 Å². The maximum Gasteiger partial charge on any atom is 0.0859 e. The fourth-order valence-electron chi connectivity index (χ4n) is 1.55. The molecule has 0 heterocycles. The normalized spacial score (nSPS) is 10.4. The second kappa shape index (κ2) is 5.21. The fourth-order valence-corrected chi connectivity index (χ4v) is 2.93. The number of nitrogens with two attached hydrogens (primary N) is 1. The van der Waals surface area contributed by atoms with Crippen LogP contribution in [0.2, 0.25) is 0 Å². The molecule has 0 radical (unpaired) electrons. The third kappa shape index (κ3) is 2.70. The summed E-state index contributed by atoms with van der Waals surface area (Å²) < 4.78 is 1.91. The Morgan fingerprint density at radius 2 is 1.47 bits per heavy atom. The number of nitrogens with zero attached hydrogens (tertiary/aromatic N) is 1. The van der Waals surface area contributed by atoms with Crippen LogP contribution in [0.1, 0.15) is 5.56 Å². The number of hydrogen-bond acceptors (Lipinski definition) is 2. The highest BCUT2D eigenvalue weighted by Crippen LogP contribution is 2.36. The first-order valence-electron chi connectivity index (χ1n) is 5.15. The van der Waals surface area contributed by atoms with Crippen LogP contribution in [0.4, 0.5) is 11.4 Å². The topological polar surface area (TPSA) is 29.3 Å². The van der Waals surface area contributed by atoms with Crippen molar-refractivity contribution in [3.05, 3.63) is 57.0 Å². The lowest BCUT2D eigenvalue weighted by Crippen LogP contribution is -2.25. The number of rotatable bonds is 2. The molecule has 88 valence electrons.